The number of aromatic nitrogens is 4. The zero-order valence-corrected chi connectivity index (χ0v) is 10.1. The molecule has 0 spiro atoms. The topological polar surface area (TPSA) is 113 Å². The Hall–Kier alpha value is -2.58. The van der Waals surface area contributed by atoms with Crippen LogP contribution in [0.3, 0.4) is 0 Å². The van der Waals surface area contributed by atoms with Crippen LogP contribution in [0.15, 0.2) is 12.4 Å². The molecule has 0 unspecified atom stereocenters. The van der Waals surface area contributed by atoms with E-state index in [0.717, 1.165) is 29.8 Å². The predicted octanol–water partition coefficient (Wildman–Crippen LogP) is 0.989. The quantitative estimate of drug-likeness (QED) is 0.343. The van der Waals surface area contributed by atoms with Gasteiger partial charge in [0.05, 0.1) is 11.5 Å². The van der Waals surface area contributed by atoms with Crippen LogP contribution in [0.25, 0.3) is 5.78 Å². The van der Waals surface area contributed by atoms with Crippen LogP contribution in [-0.4, -0.2) is 37.1 Å². The summed E-state index contributed by atoms with van der Waals surface area (Å²) in [6.07, 6.45) is 3.84. The number of fused-ring (bicyclic) bond motifs is 1. The first kappa shape index (κ1) is 12.9. The largest absolute Gasteiger partial charge is 0.460 e. The molecule has 2 heterocycles. The molecule has 9 heteroatoms. The molecule has 2 aromatic rings. The maximum atomic E-state index is 11.6. The molecule has 0 radical (unpaired) electrons. The number of rotatable bonds is 5. The average molecular weight is 265 g/mol. The molecule has 0 aliphatic rings. The number of hydrogen-bond acceptors (Lipinski definition) is 7. The zero-order chi connectivity index (χ0) is 13.8. The molecule has 0 fully saturated rings. The van der Waals surface area contributed by atoms with E-state index in [-0.39, 0.29) is 17.3 Å². The second kappa shape index (κ2) is 5.38. The highest BCUT2D eigenvalue weighted by Crippen LogP contribution is 2.09. The van der Waals surface area contributed by atoms with E-state index >= 15 is 0 Å². The second-order valence-electron chi connectivity index (χ2n) is 3.74. The molecule has 0 saturated carbocycles. The van der Waals surface area contributed by atoms with E-state index in [1.54, 1.807) is 0 Å². The molecule has 0 atom stereocenters. The number of nitro groups is 1. The Balaban J connectivity index is 2.21. The molecular weight excluding hydrogens is 254 g/mol. The van der Waals surface area contributed by atoms with E-state index in [9.17, 15) is 14.9 Å². The summed E-state index contributed by atoms with van der Waals surface area (Å²) in [6, 6.07) is 0. The van der Waals surface area contributed by atoms with Crippen LogP contribution in [0, 0.1) is 10.1 Å². The molecule has 0 N–H and O–H groups in total. The van der Waals surface area contributed by atoms with Gasteiger partial charge in [0, 0.05) is 0 Å². The van der Waals surface area contributed by atoms with Gasteiger partial charge in [0.1, 0.15) is 12.4 Å². The van der Waals surface area contributed by atoms with Crippen molar-refractivity contribution in [3.05, 3.63) is 28.3 Å². The molecular formula is C10H11N5O4. The SMILES string of the molecule is CCCCOC(=O)c1nc2ncc([N+](=O)[O-])cn2n1. The molecule has 0 aliphatic heterocycles. The van der Waals surface area contributed by atoms with E-state index in [4.69, 9.17) is 4.74 Å². The molecule has 2 rings (SSSR count). The highest BCUT2D eigenvalue weighted by Gasteiger charge is 2.16. The Morgan fingerprint density at radius 1 is 1.58 bits per heavy atom. The van der Waals surface area contributed by atoms with Crippen molar-refractivity contribution >= 4 is 17.4 Å². The van der Waals surface area contributed by atoms with Gasteiger partial charge in [-0.15, -0.1) is 5.10 Å². The fourth-order valence-corrected chi connectivity index (χ4v) is 1.33. The highest BCUT2D eigenvalue weighted by atomic mass is 16.6. The van der Waals surface area contributed by atoms with Crippen LogP contribution in [0.1, 0.15) is 30.4 Å². The smallest absolute Gasteiger partial charge is 0.378 e. The molecule has 9 nitrogen and oxygen atoms in total. The van der Waals surface area contributed by atoms with Crippen LogP contribution >= 0.6 is 0 Å². The maximum Gasteiger partial charge on any atom is 0.378 e. The summed E-state index contributed by atoms with van der Waals surface area (Å²) in [6.45, 7) is 2.26. The van der Waals surface area contributed by atoms with Gasteiger partial charge in [-0.2, -0.15) is 9.50 Å². The van der Waals surface area contributed by atoms with Crippen molar-refractivity contribution in [2.45, 2.75) is 19.8 Å². The van der Waals surface area contributed by atoms with Gasteiger partial charge in [-0.1, -0.05) is 13.3 Å². The van der Waals surface area contributed by atoms with Crippen LogP contribution in [0.5, 0.6) is 0 Å². The van der Waals surface area contributed by atoms with Crippen molar-refractivity contribution in [3.8, 4) is 0 Å². The van der Waals surface area contributed by atoms with Crippen LogP contribution in [0.2, 0.25) is 0 Å². The van der Waals surface area contributed by atoms with Gasteiger partial charge in [-0.25, -0.2) is 9.78 Å². The minimum Gasteiger partial charge on any atom is -0.460 e. The molecule has 19 heavy (non-hydrogen) atoms. The lowest BCUT2D eigenvalue weighted by Crippen LogP contribution is -2.08. The molecule has 0 bridgehead atoms. The van der Waals surface area contributed by atoms with Crippen molar-refractivity contribution in [1.82, 2.24) is 19.6 Å². The summed E-state index contributed by atoms with van der Waals surface area (Å²) in [5.41, 5.74) is -0.233. The Morgan fingerprint density at radius 3 is 3.05 bits per heavy atom. The zero-order valence-electron chi connectivity index (χ0n) is 10.1. The van der Waals surface area contributed by atoms with Crippen molar-refractivity contribution in [2.24, 2.45) is 0 Å². The number of carbonyl (C=O) groups excluding carboxylic acids is 1. The normalized spacial score (nSPS) is 10.6. The summed E-state index contributed by atoms with van der Waals surface area (Å²) in [4.78, 5) is 29.1. The Bertz CT molecular complexity index is 623. The maximum absolute atomic E-state index is 11.6. The number of esters is 1. The third-order valence-corrected chi connectivity index (χ3v) is 2.30. The number of nitrogens with zero attached hydrogens (tertiary/aromatic N) is 5. The van der Waals surface area contributed by atoms with Crippen molar-refractivity contribution in [1.29, 1.82) is 0 Å². The van der Waals surface area contributed by atoms with Gasteiger partial charge in [0.15, 0.2) is 0 Å². The first-order chi connectivity index (χ1) is 9.11. The highest BCUT2D eigenvalue weighted by molar-refractivity contribution is 5.85. The standard InChI is InChI=1S/C10H11N5O4/c1-2-3-4-19-9(16)8-12-10-11-5-7(15(17)18)6-14(10)13-8/h5-6H,2-4H2,1H3. The Labute approximate surface area is 107 Å². The average Bonchev–Trinajstić information content (AvgIpc) is 2.81. The lowest BCUT2D eigenvalue weighted by molar-refractivity contribution is -0.385. The van der Waals surface area contributed by atoms with Crippen LogP contribution in [0.4, 0.5) is 5.69 Å². The number of unbranched alkanes of at least 4 members (excludes halogenated alkanes) is 1. The van der Waals surface area contributed by atoms with Crippen molar-refractivity contribution < 1.29 is 14.5 Å². The molecule has 0 aromatic carbocycles. The lowest BCUT2D eigenvalue weighted by Gasteiger charge is -1.98. The van der Waals surface area contributed by atoms with Gasteiger partial charge in [0.25, 0.3) is 11.6 Å². The third kappa shape index (κ3) is 2.81. The third-order valence-electron chi connectivity index (χ3n) is 2.30. The van der Waals surface area contributed by atoms with E-state index in [2.05, 4.69) is 15.1 Å². The molecule has 0 amide bonds. The Morgan fingerprint density at radius 2 is 2.37 bits per heavy atom. The van der Waals surface area contributed by atoms with Crippen molar-refractivity contribution in [2.75, 3.05) is 6.61 Å². The monoisotopic (exact) mass is 265 g/mol. The van der Waals surface area contributed by atoms with Gasteiger partial charge in [-0.05, 0) is 6.42 Å². The van der Waals surface area contributed by atoms with Crippen LogP contribution in [-0.2, 0) is 4.74 Å². The molecule has 0 saturated heterocycles. The summed E-state index contributed by atoms with van der Waals surface area (Å²) >= 11 is 0. The molecule has 100 valence electrons. The van der Waals surface area contributed by atoms with Gasteiger partial charge >= 0.3 is 11.7 Å². The number of hydrogen-bond donors (Lipinski definition) is 0. The van der Waals surface area contributed by atoms with Crippen LogP contribution < -0.4 is 0 Å². The lowest BCUT2D eigenvalue weighted by atomic mass is 10.4. The van der Waals surface area contributed by atoms with E-state index in [1.807, 2.05) is 6.92 Å². The molecule has 0 aliphatic carbocycles. The van der Waals surface area contributed by atoms with E-state index in [0.29, 0.717) is 6.61 Å². The van der Waals surface area contributed by atoms with E-state index < -0.39 is 10.9 Å². The summed E-state index contributed by atoms with van der Waals surface area (Å²) in [7, 11) is 0. The summed E-state index contributed by atoms with van der Waals surface area (Å²) < 4.78 is 6.01. The first-order valence-electron chi connectivity index (χ1n) is 5.65. The molecule has 2 aromatic heterocycles. The Kier molecular flexibility index (Phi) is 3.64. The number of ether oxygens (including phenoxy) is 1. The second-order valence-corrected chi connectivity index (χ2v) is 3.74. The van der Waals surface area contributed by atoms with Gasteiger partial charge < -0.3 is 4.74 Å². The van der Waals surface area contributed by atoms with E-state index in [1.165, 1.54) is 0 Å². The summed E-state index contributed by atoms with van der Waals surface area (Å²) in [5.74, 6) is -0.723. The summed E-state index contributed by atoms with van der Waals surface area (Å²) in [5, 5.41) is 14.4. The van der Waals surface area contributed by atoms with Gasteiger partial charge in [0.2, 0.25) is 0 Å². The van der Waals surface area contributed by atoms with Crippen molar-refractivity contribution in [3.63, 3.8) is 0 Å². The minimum absolute atomic E-state index is 0.105. The minimum atomic E-state index is -0.665. The predicted molar refractivity (Wildman–Crippen MR) is 62.6 cm³/mol. The fourth-order valence-electron chi connectivity index (χ4n) is 1.33. The fraction of sp³-hybridized carbons (Fsp3) is 0.400. The van der Waals surface area contributed by atoms with Gasteiger partial charge in [-0.3, -0.25) is 10.1 Å². The first-order valence-corrected chi connectivity index (χ1v) is 5.65. The number of carbonyl (C=O) groups is 1.